The molecule has 1 aliphatic heterocycles. The molecule has 186 valence electrons. The zero-order valence-corrected chi connectivity index (χ0v) is 20.2. The molecule has 0 bridgehead atoms. The van der Waals surface area contributed by atoms with E-state index in [9.17, 15) is 25.2 Å². The Morgan fingerprint density at radius 1 is 0.794 bits per heavy atom. The maximum absolute atomic E-state index is 12.0. The van der Waals surface area contributed by atoms with Crippen LogP contribution in [0.1, 0.15) is 33.6 Å². The summed E-state index contributed by atoms with van der Waals surface area (Å²) in [6, 6.07) is -0.00398. The third kappa shape index (κ3) is 13.1. The van der Waals surface area contributed by atoms with E-state index in [1.807, 2.05) is 50.3 Å². The van der Waals surface area contributed by atoms with Crippen molar-refractivity contribution in [3.63, 3.8) is 0 Å². The van der Waals surface area contributed by atoms with Gasteiger partial charge in [0.1, 0.15) is 6.10 Å². The number of carbonyl (C=O) groups excluding carboxylic acids is 1. The number of aliphatic hydroxyl groups is 4. The normalized spacial score (nSPS) is 30.8. The standard InChI is InChI=1S/C28H39NO5/c1-21-14-8-4-6-10-17-23(3)29-26(32)19-11-7-5-9-16-22(2)27(33)28(34)25(31)20-24(30)18-13-12-15-21/h4-16,18-19,22-25,27-28,30-31,33-34H,17,20H2,1-3H3,(H,29,32). The number of aliphatic hydroxyl groups excluding tert-OH is 4. The average molecular weight is 470 g/mol. The zero-order valence-electron chi connectivity index (χ0n) is 20.2. The van der Waals surface area contributed by atoms with Crippen molar-refractivity contribution in [2.75, 3.05) is 0 Å². The second kappa shape index (κ2) is 16.8. The van der Waals surface area contributed by atoms with Crippen molar-refractivity contribution in [1.82, 2.24) is 5.32 Å². The Kier molecular flexibility index (Phi) is 14.4. The number of rotatable bonds is 0. The van der Waals surface area contributed by atoms with E-state index in [0.29, 0.717) is 6.42 Å². The lowest BCUT2D eigenvalue weighted by Gasteiger charge is -2.26. The van der Waals surface area contributed by atoms with Gasteiger partial charge < -0.3 is 25.7 Å². The quantitative estimate of drug-likeness (QED) is 0.374. The van der Waals surface area contributed by atoms with E-state index in [4.69, 9.17) is 0 Å². The third-order valence-corrected chi connectivity index (χ3v) is 5.16. The third-order valence-electron chi connectivity index (χ3n) is 5.16. The van der Waals surface area contributed by atoms with Crippen LogP contribution in [0.25, 0.3) is 0 Å². The summed E-state index contributed by atoms with van der Waals surface area (Å²) in [7, 11) is 0. The first-order valence-corrected chi connectivity index (χ1v) is 11.6. The number of amides is 1. The number of allylic oxidation sites excluding steroid dienone is 12. The fraction of sp³-hybridized carbons (Fsp3) is 0.393. The second-order valence-electron chi connectivity index (χ2n) is 8.45. The van der Waals surface area contributed by atoms with E-state index in [-0.39, 0.29) is 18.4 Å². The number of hydrogen-bond donors (Lipinski definition) is 5. The van der Waals surface area contributed by atoms with Crippen molar-refractivity contribution in [3.8, 4) is 0 Å². The van der Waals surface area contributed by atoms with Crippen LogP contribution in [0.4, 0.5) is 0 Å². The largest absolute Gasteiger partial charge is 0.390 e. The van der Waals surface area contributed by atoms with Crippen molar-refractivity contribution >= 4 is 5.91 Å². The molecule has 0 aromatic carbocycles. The molecule has 6 nitrogen and oxygen atoms in total. The van der Waals surface area contributed by atoms with E-state index < -0.39 is 30.3 Å². The summed E-state index contributed by atoms with van der Waals surface area (Å²) in [6.45, 7) is 5.59. The lowest BCUT2D eigenvalue weighted by atomic mass is 9.93. The van der Waals surface area contributed by atoms with E-state index in [1.54, 1.807) is 49.5 Å². The lowest BCUT2D eigenvalue weighted by Crippen LogP contribution is -2.41. The highest BCUT2D eigenvalue weighted by Crippen LogP contribution is 2.15. The monoisotopic (exact) mass is 469 g/mol. The summed E-state index contributed by atoms with van der Waals surface area (Å²) in [5.41, 5.74) is 1.01. The van der Waals surface area contributed by atoms with Gasteiger partial charge in [-0.1, -0.05) is 97.6 Å². The molecule has 0 saturated heterocycles. The van der Waals surface area contributed by atoms with Gasteiger partial charge in [-0.25, -0.2) is 0 Å². The number of nitrogens with one attached hydrogen (secondary N) is 1. The Labute approximate surface area is 203 Å². The highest BCUT2D eigenvalue weighted by Gasteiger charge is 2.28. The molecule has 6 unspecified atom stereocenters. The van der Waals surface area contributed by atoms with Gasteiger partial charge in [0.05, 0.1) is 18.3 Å². The fourth-order valence-electron chi connectivity index (χ4n) is 3.07. The van der Waals surface area contributed by atoms with E-state index >= 15 is 0 Å². The summed E-state index contributed by atoms with van der Waals surface area (Å²) >= 11 is 0. The zero-order chi connectivity index (χ0) is 25.3. The summed E-state index contributed by atoms with van der Waals surface area (Å²) in [6.07, 6.45) is 22.1. The Morgan fingerprint density at radius 3 is 2.21 bits per heavy atom. The molecule has 0 saturated carbocycles. The molecule has 5 N–H and O–H groups in total. The van der Waals surface area contributed by atoms with E-state index in [0.717, 1.165) is 5.57 Å². The molecule has 0 spiro atoms. The molecule has 6 atom stereocenters. The fourth-order valence-corrected chi connectivity index (χ4v) is 3.07. The highest BCUT2D eigenvalue weighted by atomic mass is 16.4. The maximum Gasteiger partial charge on any atom is 0.244 e. The topological polar surface area (TPSA) is 110 Å². The highest BCUT2D eigenvalue weighted by molar-refractivity contribution is 5.87. The first-order chi connectivity index (χ1) is 16.2. The van der Waals surface area contributed by atoms with Gasteiger partial charge in [0.15, 0.2) is 0 Å². The van der Waals surface area contributed by atoms with Crippen LogP contribution in [0.5, 0.6) is 0 Å². The van der Waals surface area contributed by atoms with Gasteiger partial charge in [-0.3, -0.25) is 4.79 Å². The molecule has 1 aliphatic rings. The Balaban J connectivity index is 2.94. The second-order valence-corrected chi connectivity index (χ2v) is 8.45. The van der Waals surface area contributed by atoms with Crippen LogP contribution in [0, 0.1) is 5.92 Å². The molecule has 1 heterocycles. The molecule has 0 aromatic heterocycles. The number of carbonyl (C=O) groups is 1. The van der Waals surface area contributed by atoms with Gasteiger partial charge in [0.2, 0.25) is 5.91 Å². The molecule has 0 fully saturated rings. The van der Waals surface area contributed by atoms with Gasteiger partial charge in [0, 0.05) is 24.5 Å². The van der Waals surface area contributed by atoms with Crippen LogP contribution in [0.2, 0.25) is 0 Å². The van der Waals surface area contributed by atoms with Crippen molar-refractivity contribution in [2.24, 2.45) is 5.92 Å². The Bertz CT molecular complexity index is 847. The summed E-state index contributed by atoms with van der Waals surface area (Å²) in [4.78, 5) is 12.0. The van der Waals surface area contributed by atoms with Gasteiger partial charge >= 0.3 is 0 Å². The van der Waals surface area contributed by atoms with Crippen LogP contribution in [0.15, 0.2) is 96.7 Å². The smallest absolute Gasteiger partial charge is 0.244 e. The van der Waals surface area contributed by atoms with Crippen LogP contribution < -0.4 is 5.32 Å². The summed E-state index contributed by atoms with van der Waals surface area (Å²) in [5.74, 6) is -0.623. The SMILES string of the molecule is CC1=CC=CC=CCC(C)NC(=O)C=CC=CC=CC(C)C(O)C(O)C(O)CC(O)C=CC=C1. The lowest BCUT2D eigenvalue weighted by molar-refractivity contribution is -0.117. The molecule has 1 rings (SSSR count). The van der Waals surface area contributed by atoms with Crippen molar-refractivity contribution in [2.45, 2.75) is 64.1 Å². The van der Waals surface area contributed by atoms with Crippen LogP contribution in [-0.4, -0.2) is 56.8 Å². The van der Waals surface area contributed by atoms with Gasteiger partial charge in [0.25, 0.3) is 0 Å². The minimum absolute atomic E-state index is 0.00398. The summed E-state index contributed by atoms with van der Waals surface area (Å²) in [5, 5.41) is 43.8. The molecule has 0 radical (unpaired) electrons. The molecule has 34 heavy (non-hydrogen) atoms. The minimum atomic E-state index is -1.41. The Morgan fingerprint density at radius 2 is 1.44 bits per heavy atom. The first kappa shape index (κ1) is 29.3. The molecular weight excluding hydrogens is 430 g/mol. The predicted molar refractivity (Wildman–Crippen MR) is 138 cm³/mol. The van der Waals surface area contributed by atoms with Crippen LogP contribution in [-0.2, 0) is 4.79 Å². The minimum Gasteiger partial charge on any atom is -0.390 e. The molecule has 0 aliphatic carbocycles. The first-order valence-electron chi connectivity index (χ1n) is 11.6. The Hall–Kier alpha value is -2.77. The van der Waals surface area contributed by atoms with Crippen LogP contribution in [0.3, 0.4) is 0 Å². The van der Waals surface area contributed by atoms with Crippen molar-refractivity contribution in [1.29, 1.82) is 0 Å². The maximum atomic E-state index is 12.0. The molecular formula is C28H39NO5. The average Bonchev–Trinajstić information content (AvgIpc) is 2.79. The molecule has 6 heteroatoms. The van der Waals surface area contributed by atoms with Gasteiger partial charge in [-0.2, -0.15) is 0 Å². The van der Waals surface area contributed by atoms with Crippen molar-refractivity contribution in [3.05, 3.63) is 96.7 Å². The van der Waals surface area contributed by atoms with E-state index in [2.05, 4.69) is 5.32 Å². The predicted octanol–water partition coefficient (Wildman–Crippen LogP) is 3.20. The van der Waals surface area contributed by atoms with Gasteiger partial charge in [-0.05, 0) is 20.3 Å². The summed E-state index contributed by atoms with van der Waals surface area (Å²) < 4.78 is 0. The van der Waals surface area contributed by atoms with Crippen molar-refractivity contribution < 1.29 is 25.2 Å². The number of hydrogen-bond acceptors (Lipinski definition) is 5. The molecule has 1 amide bonds. The van der Waals surface area contributed by atoms with Crippen LogP contribution >= 0.6 is 0 Å². The van der Waals surface area contributed by atoms with E-state index in [1.165, 1.54) is 12.2 Å². The molecule has 0 aromatic rings. The van der Waals surface area contributed by atoms with Gasteiger partial charge in [-0.15, -0.1) is 0 Å².